The van der Waals surface area contributed by atoms with Gasteiger partial charge in [-0.2, -0.15) is 8.42 Å². The van der Waals surface area contributed by atoms with Crippen molar-refractivity contribution >= 4 is 10.1 Å². The summed E-state index contributed by atoms with van der Waals surface area (Å²) >= 11 is 0. The van der Waals surface area contributed by atoms with Crippen LogP contribution in [0.3, 0.4) is 0 Å². The van der Waals surface area contributed by atoms with Crippen molar-refractivity contribution in [3.05, 3.63) is 48.0 Å². The Bertz CT molecular complexity index is 785. The molecular weight excluding hydrogens is 340 g/mol. The molecule has 0 bridgehead atoms. The molecule has 0 aromatic heterocycles. The Morgan fingerprint density at radius 1 is 1.00 bits per heavy atom. The van der Waals surface area contributed by atoms with Crippen molar-refractivity contribution in [2.45, 2.75) is 50.3 Å². The number of phenols is 1. The van der Waals surface area contributed by atoms with Gasteiger partial charge in [-0.3, -0.25) is 4.55 Å². The Balaban J connectivity index is 2.27. The smallest absolute Gasteiger partial charge is 0.298 e. The monoisotopic (exact) mass is 364 g/mol. The molecule has 0 saturated carbocycles. The van der Waals surface area contributed by atoms with Gasteiger partial charge in [0.15, 0.2) is 0 Å². The fourth-order valence-corrected chi connectivity index (χ4v) is 3.24. The predicted octanol–water partition coefficient (Wildman–Crippen LogP) is 4.94. The van der Waals surface area contributed by atoms with Crippen LogP contribution in [0.15, 0.2) is 47.4 Å². The molecule has 5 nitrogen and oxygen atoms in total. The van der Waals surface area contributed by atoms with Crippen molar-refractivity contribution in [2.24, 2.45) is 0 Å². The first-order valence-electron chi connectivity index (χ1n) is 8.48. The molecule has 2 aromatic rings. The van der Waals surface area contributed by atoms with E-state index >= 15 is 0 Å². The second-order valence-corrected chi connectivity index (χ2v) is 7.37. The van der Waals surface area contributed by atoms with Crippen LogP contribution in [0.25, 0.3) is 0 Å². The molecular formula is C19H24O5S. The molecule has 0 heterocycles. The van der Waals surface area contributed by atoms with Gasteiger partial charge in [-0.25, -0.2) is 0 Å². The first kappa shape index (κ1) is 19.3. The third kappa shape index (κ3) is 5.76. The maximum atomic E-state index is 11.4. The largest absolute Gasteiger partial charge is 0.506 e. The van der Waals surface area contributed by atoms with Crippen LogP contribution in [0.2, 0.25) is 0 Å². The summed E-state index contributed by atoms with van der Waals surface area (Å²) in [6.07, 6.45) is 5.94. The number of unbranched alkanes of at least 4 members (excludes halogenated alkanes) is 4. The van der Waals surface area contributed by atoms with E-state index in [-0.39, 0.29) is 0 Å². The fraction of sp³-hybridized carbons (Fsp3) is 0.368. The van der Waals surface area contributed by atoms with Crippen LogP contribution in [0, 0.1) is 0 Å². The minimum absolute atomic E-state index is 0.395. The molecule has 0 spiro atoms. The van der Waals surface area contributed by atoms with Gasteiger partial charge in [0, 0.05) is 6.07 Å². The van der Waals surface area contributed by atoms with Gasteiger partial charge in [-0.15, -0.1) is 0 Å². The Morgan fingerprint density at radius 2 is 1.68 bits per heavy atom. The molecule has 25 heavy (non-hydrogen) atoms. The molecule has 0 aliphatic heterocycles. The average molecular weight is 364 g/mol. The number of hydrogen-bond donors (Lipinski definition) is 2. The van der Waals surface area contributed by atoms with E-state index < -0.39 is 20.8 Å². The fourth-order valence-electron chi connectivity index (χ4n) is 2.62. The van der Waals surface area contributed by atoms with Crippen LogP contribution < -0.4 is 4.74 Å². The summed E-state index contributed by atoms with van der Waals surface area (Å²) in [6, 6.07) is 11.6. The van der Waals surface area contributed by atoms with Gasteiger partial charge in [-0.05, 0) is 36.6 Å². The van der Waals surface area contributed by atoms with Crippen molar-refractivity contribution < 1.29 is 22.8 Å². The topological polar surface area (TPSA) is 83.8 Å². The van der Waals surface area contributed by atoms with E-state index in [0.717, 1.165) is 25.7 Å². The Hall–Kier alpha value is -2.05. The summed E-state index contributed by atoms with van der Waals surface area (Å²) in [5, 5.41) is 9.95. The number of benzene rings is 2. The quantitative estimate of drug-likeness (QED) is 0.486. The number of ether oxygens (including phenoxy) is 1. The van der Waals surface area contributed by atoms with Gasteiger partial charge in [0.2, 0.25) is 0 Å². The highest BCUT2D eigenvalue weighted by Gasteiger charge is 2.19. The van der Waals surface area contributed by atoms with E-state index in [4.69, 9.17) is 4.74 Å². The Kier molecular flexibility index (Phi) is 6.84. The van der Waals surface area contributed by atoms with Gasteiger partial charge >= 0.3 is 0 Å². The van der Waals surface area contributed by atoms with Crippen LogP contribution in [0.5, 0.6) is 17.2 Å². The number of aryl methyl sites for hydroxylation is 1. The van der Waals surface area contributed by atoms with Gasteiger partial charge in [-0.1, -0.05) is 50.8 Å². The third-order valence-corrected chi connectivity index (χ3v) is 4.82. The van der Waals surface area contributed by atoms with Crippen LogP contribution in [0.4, 0.5) is 0 Å². The molecule has 2 aromatic carbocycles. The van der Waals surface area contributed by atoms with Crippen molar-refractivity contribution in [3.8, 4) is 17.2 Å². The zero-order chi connectivity index (χ0) is 18.3. The SMILES string of the molecule is CCCCCCCc1cc(S(=O)(=O)O)c(O)cc1Oc1ccccc1. The van der Waals surface area contributed by atoms with Crippen LogP contribution in [0.1, 0.15) is 44.6 Å². The molecule has 0 aliphatic rings. The van der Waals surface area contributed by atoms with E-state index in [1.54, 1.807) is 12.1 Å². The highest BCUT2D eigenvalue weighted by Crippen LogP contribution is 2.35. The molecule has 0 unspecified atom stereocenters. The average Bonchev–Trinajstić information content (AvgIpc) is 2.56. The first-order valence-corrected chi connectivity index (χ1v) is 9.92. The number of rotatable bonds is 9. The lowest BCUT2D eigenvalue weighted by atomic mass is 10.0. The maximum Gasteiger partial charge on any atom is 0.298 e. The van der Waals surface area contributed by atoms with E-state index in [2.05, 4.69) is 6.92 Å². The Labute approximate surface area is 149 Å². The summed E-state index contributed by atoms with van der Waals surface area (Å²) < 4.78 is 38.0. The van der Waals surface area contributed by atoms with E-state index in [1.807, 2.05) is 18.2 Å². The number of phenolic OH excluding ortho intramolecular Hbond substituents is 1. The van der Waals surface area contributed by atoms with Crippen LogP contribution >= 0.6 is 0 Å². The minimum atomic E-state index is -4.49. The summed E-state index contributed by atoms with van der Waals surface area (Å²) in [5.74, 6) is 0.462. The van der Waals surface area contributed by atoms with Gasteiger partial charge < -0.3 is 9.84 Å². The molecule has 0 radical (unpaired) electrons. The molecule has 2 rings (SSSR count). The molecule has 0 atom stereocenters. The van der Waals surface area contributed by atoms with Gasteiger partial charge in [0.25, 0.3) is 10.1 Å². The standard InChI is InChI=1S/C19H24O5S/c1-2-3-4-5-7-10-15-13-19(25(21,22)23)17(20)14-18(15)24-16-11-8-6-9-12-16/h6,8-9,11-14,20H,2-5,7,10H2,1H3,(H,21,22,23). The summed E-state index contributed by atoms with van der Waals surface area (Å²) in [6.45, 7) is 2.14. The molecule has 0 aliphatic carbocycles. The highest BCUT2D eigenvalue weighted by atomic mass is 32.2. The number of hydrogen-bond acceptors (Lipinski definition) is 4. The normalized spacial score (nSPS) is 11.4. The second-order valence-electron chi connectivity index (χ2n) is 5.98. The molecule has 0 amide bonds. The number of aromatic hydroxyl groups is 1. The lowest BCUT2D eigenvalue weighted by Gasteiger charge is -2.14. The summed E-state index contributed by atoms with van der Waals surface area (Å²) in [4.78, 5) is -0.489. The lowest BCUT2D eigenvalue weighted by Crippen LogP contribution is -2.02. The van der Waals surface area contributed by atoms with Gasteiger partial charge in [0.05, 0.1) is 0 Å². The minimum Gasteiger partial charge on any atom is -0.506 e. The zero-order valence-electron chi connectivity index (χ0n) is 14.3. The lowest BCUT2D eigenvalue weighted by molar-refractivity contribution is 0.430. The van der Waals surface area contributed by atoms with Crippen molar-refractivity contribution in [2.75, 3.05) is 0 Å². The molecule has 6 heteroatoms. The van der Waals surface area contributed by atoms with E-state index in [9.17, 15) is 18.1 Å². The number of para-hydroxylation sites is 1. The van der Waals surface area contributed by atoms with E-state index in [0.29, 0.717) is 23.5 Å². The van der Waals surface area contributed by atoms with Crippen LogP contribution in [-0.2, 0) is 16.5 Å². The maximum absolute atomic E-state index is 11.4. The summed E-state index contributed by atoms with van der Waals surface area (Å²) in [7, 11) is -4.49. The zero-order valence-corrected chi connectivity index (χ0v) is 15.1. The van der Waals surface area contributed by atoms with Crippen LogP contribution in [-0.4, -0.2) is 18.1 Å². The highest BCUT2D eigenvalue weighted by molar-refractivity contribution is 7.86. The second kappa shape index (κ2) is 8.87. The summed E-state index contributed by atoms with van der Waals surface area (Å²) in [5.41, 5.74) is 0.644. The van der Waals surface area contributed by atoms with Gasteiger partial charge in [0.1, 0.15) is 22.1 Å². The predicted molar refractivity (Wildman–Crippen MR) is 96.9 cm³/mol. The van der Waals surface area contributed by atoms with Crippen molar-refractivity contribution in [1.29, 1.82) is 0 Å². The molecule has 2 N–H and O–H groups in total. The first-order chi connectivity index (χ1) is 11.9. The van der Waals surface area contributed by atoms with E-state index in [1.165, 1.54) is 18.6 Å². The molecule has 0 saturated heterocycles. The molecule has 0 fully saturated rings. The van der Waals surface area contributed by atoms with Crippen molar-refractivity contribution in [3.63, 3.8) is 0 Å². The molecule has 136 valence electrons. The third-order valence-electron chi connectivity index (χ3n) is 3.94. The van der Waals surface area contributed by atoms with Crippen molar-refractivity contribution in [1.82, 2.24) is 0 Å². The Morgan fingerprint density at radius 3 is 2.32 bits per heavy atom.